The third kappa shape index (κ3) is 9.96. The fourth-order valence-electron chi connectivity index (χ4n) is 8.45. The number of aliphatic hydroxyl groups excluding tert-OH is 2. The zero-order valence-electron chi connectivity index (χ0n) is 39.3. The van der Waals surface area contributed by atoms with Crippen LogP contribution >= 0.6 is 0 Å². The van der Waals surface area contributed by atoms with Crippen LogP contribution < -0.4 is 0 Å². The van der Waals surface area contributed by atoms with E-state index in [-0.39, 0.29) is 72.2 Å². The number of amides is 6. The van der Waals surface area contributed by atoms with Crippen LogP contribution in [-0.4, -0.2) is 113 Å². The minimum Gasteiger partial charge on any atom is -0.507 e. The van der Waals surface area contributed by atoms with E-state index in [9.17, 15) is 39.6 Å². The average Bonchev–Trinajstić information content (AvgIpc) is 3.34. The number of hydrogen-bond acceptors (Lipinski definition) is 8. The fourth-order valence-corrected chi connectivity index (χ4v) is 8.45. The summed E-state index contributed by atoms with van der Waals surface area (Å²) in [6.45, 7) is 31.0. The fraction of sp³-hybridized carbons (Fsp3) is 0.667. The van der Waals surface area contributed by atoms with Crippen molar-refractivity contribution in [3.63, 3.8) is 0 Å². The minimum absolute atomic E-state index is 0.184. The van der Waals surface area contributed by atoms with Crippen LogP contribution in [0.5, 0.6) is 11.5 Å². The normalized spacial score (nSPS) is 18.6. The maximum absolute atomic E-state index is 13.7. The van der Waals surface area contributed by atoms with E-state index in [1.807, 2.05) is 107 Å². The predicted octanol–water partition coefficient (Wildman–Crippen LogP) is 7.66. The number of aromatic hydroxyl groups is 2. The van der Waals surface area contributed by atoms with E-state index < -0.39 is 47.2 Å². The molecule has 0 spiro atoms. The SMILES string of the molecule is CC(C)(C)c1cc(CC(O)CN2C(=O)N(CCCCN3C(=O)N(CC(O)Cc4cc(C(C)(C)C)c(O)c(C(C)(C)C)c4)C(=O)C3(C)C)C(C)(C)C2=O)cc(C(C)(C)C)c1O. The van der Waals surface area contributed by atoms with Crippen LogP contribution in [0, 0.1) is 0 Å². The Morgan fingerprint density at radius 1 is 0.500 bits per heavy atom. The Labute approximate surface area is 358 Å². The van der Waals surface area contributed by atoms with E-state index in [1.165, 1.54) is 9.80 Å². The Balaban J connectivity index is 1.39. The van der Waals surface area contributed by atoms with Crippen LogP contribution in [0.15, 0.2) is 24.3 Å². The van der Waals surface area contributed by atoms with Crippen LogP contribution in [0.1, 0.15) is 157 Å². The van der Waals surface area contributed by atoms with Crippen molar-refractivity contribution >= 4 is 23.9 Å². The summed E-state index contributed by atoms with van der Waals surface area (Å²) in [5, 5.41) is 44.8. The van der Waals surface area contributed by atoms with Crippen LogP contribution in [0.3, 0.4) is 0 Å². The first-order valence-corrected chi connectivity index (χ1v) is 21.5. The maximum atomic E-state index is 13.7. The van der Waals surface area contributed by atoms with E-state index in [4.69, 9.17) is 0 Å². The predicted molar refractivity (Wildman–Crippen MR) is 235 cm³/mol. The van der Waals surface area contributed by atoms with Crippen molar-refractivity contribution in [1.29, 1.82) is 0 Å². The van der Waals surface area contributed by atoms with Crippen LogP contribution in [0.2, 0.25) is 0 Å². The molecule has 4 N–H and O–H groups in total. The average molecular weight is 835 g/mol. The molecule has 2 fully saturated rings. The number of imide groups is 2. The molecule has 2 saturated heterocycles. The van der Waals surface area contributed by atoms with E-state index in [2.05, 4.69) is 0 Å². The molecule has 2 heterocycles. The molecule has 60 heavy (non-hydrogen) atoms. The van der Waals surface area contributed by atoms with Gasteiger partial charge in [0.2, 0.25) is 0 Å². The van der Waals surface area contributed by atoms with Crippen molar-refractivity contribution in [2.75, 3.05) is 26.2 Å². The number of carbonyl (C=O) groups is 4. The van der Waals surface area contributed by atoms with Gasteiger partial charge in [-0.2, -0.15) is 0 Å². The molecular weight excluding hydrogens is 761 g/mol. The second-order valence-electron chi connectivity index (χ2n) is 22.3. The lowest BCUT2D eigenvalue weighted by Gasteiger charge is -2.30. The molecule has 12 nitrogen and oxygen atoms in total. The summed E-state index contributed by atoms with van der Waals surface area (Å²) in [6, 6.07) is 6.57. The third-order valence-corrected chi connectivity index (χ3v) is 12.1. The second kappa shape index (κ2) is 16.6. The monoisotopic (exact) mass is 835 g/mol. The molecule has 0 saturated carbocycles. The van der Waals surface area contributed by atoms with E-state index in [0.717, 1.165) is 43.2 Å². The highest BCUT2D eigenvalue weighted by atomic mass is 16.3. The molecule has 12 heteroatoms. The van der Waals surface area contributed by atoms with Crippen molar-refractivity contribution in [2.45, 2.75) is 181 Å². The number of rotatable bonds is 13. The summed E-state index contributed by atoms with van der Waals surface area (Å²) in [7, 11) is 0. The number of hydrogen-bond donors (Lipinski definition) is 4. The number of urea groups is 2. The molecule has 0 aromatic heterocycles. The molecule has 2 aromatic carbocycles. The third-order valence-electron chi connectivity index (χ3n) is 12.1. The number of nitrogens with zero attached hydrogens (tertiary/aromatic N) is 4. The number of carbonyl (C=O) groups excluding carboxylic acids is 4. The lowest BCUT2D eigenvalue weighted by Crippen LogP contribution is -2.46. The molecular formula is C48H74N4O8. The molecule has 2 aliphatic rings. The van der Waals surface area contributed by atoms with Gasteiger partial charge in [-0.3, -0.25) is 19.4 Å². The quantitative estimate of drug-likeness (QED) is 0.118. The minimum atomic E-state index is -1.15. The topological polar surface area (TPSA) is 162 Å². The smallest absolute Gasteiger partial charge is 0.327 e. The zero-order chi connectivity index (χ0) is 45.9. The van der Waals surface area contributed by atoms with Gasteiger partial charge in [-0.1, -0.05) is 107 Å². The number of benzene rings is 2. The van der Waals surface area contributed by atoms with Gasteiger partial charge in [-0.05, 0) is 95.6 Å². The highest BCUT2D eigenvalue weighted by molar-refractivity contribution is 6.07. The number of phenols is 2. The molecule has 0 radical (unpaired) electrons. The maximum Gasteiger partial charge on any atom is 0.327 e. The molecule has 0 aliphatic carbocycles. The number of β-amino-alcohol motifs (C(OH)–C–C–N with tert-alkyl or cyclic N) is 2. The Bertz CT molecular complexity index is 1760. The first-order valence-electron chi connectivity index (χ1n) is 21.5. The van der Waals surface area contributed by atoms with Crippen molar-refractivity contribution in [3.8, 4) is 11.5 Å². The first-order chi connectivity index (χ1) is 27.1. The number of unbranched alkanes of at least 4 members (excludes halogenated alkanes) is 1. The molecule has 0 bridgehead atoms. The van der Waals surface area contributed by atoms with Gasteiger partial charge in [-0.25, -0.2) is 9.59 Å². The van der Waals surface area contributed by atoms with Crippen LogP contribution in [0.25, 0.3) is 0 Å². The largest absolute Gasteiger partial charge is 0.507 e. The van der Waals surface area contributed by atoms with Crippen molar-refractivity contribution in [3.05, 3.63) is 57.6 Å². The van der Waals surface area contributed by atoms with Crippen molar-refractivity contribution < 1.29 is 39.6 Å². The molecule has 2 aliphatic heterocycles. The van der Waals surface area contributed by atoms with Gasteiger partial charge < -0.3 is 30.2 Å². The summed E-state index contributed by atoms with van der Waals surface area (Å²) in [5.41, 5.74) is 0.952. The summed E-state index contributed by atoms with van der Waals surface area (Å²) in [4.78, 5) is 60.0. The van der Waals surface area contributed by atoms with E-state index in [0.29, 0.717) is 12.8 Å². The Kier molecular flexibility index (Phi) is 13.4. The van der Waals surface area contributed by atoms with Crippen LogP contribution in [0.4, 0.5) is 9.59 Å². The van der Waals surface area contributed by atoms with Crippen LogP contribution in [-0.2, 0) is 44.1 Å². The second-order valence-corrected chi connectivity index (χ2v) is 22.3. The van der Waals surface area contributed by atoms with Crippen molar-refractivity contribution in [2.24, 2.45) is 0 Å². The Morgan fingerprint density at radius 2 is 0.750 bits per heavy atom. The lowest BCUT2D eigenvalue weighted by molar-refractivity contribution is -0.133. The van der Waals surface area contributed by atoms with Gasteiger partial charge in [0.1, 0.15) is 22.6 Å². The van der Waals surface area contributed by atoms with E-state index in [1.54, 1.807) is 27.7 Å². The molecule has 2 atom stereocenters. The highest BCUT2D eigenvalue weighted by Crippen LogP contribution is 2.42. The standard InChI is InChI=1S/C48H74N4O8/c1-43(2,3)33-23-29(24-34(37(33)55)44(4,5)6)21-31(53)27-49-39(57)47(13,14)51(41(49)59)19-17-18-20-52-42(60)50(40(58)48(52,15)16)28-32(54)22-30-25-35(45(7,8)9)38(56)36(26-30)46(10,11)12/h23-26,31-32,53-56H,17-22,27-28H2,1-16H3. The number of phenolic OH excluding ortho intramolecular Hbond substituents is 2. The molecule has 2 aromatic rings. The van der Waals surface area contributed by atoms with E-state index >= 15 is 0 Å². The molecule has 2 unspecified atom stereocenters. The van der Waals surface area contributed by atoms with Gasteiger partial charge in [0, 0.05) is 25.9 Å². The number of aliphatic hydroxyl groups is 2. The zero-order valence-corrected chi connectivity index (χ0v) is 39.3. The van der Waals surface area contributed by atoms with Gasteiger partial charge in [-0.15, -0.1) is 0 Å². The summed E-state index contributed by atoms with van der Waals surface area (Å²) in [5.74, 6) is -0.338. The summed E-state index contributed by atoms with van der Waals surface area (Å²) in [6.07, 6.45) is -0.816. The lowest BCUT2D eigenvalue weighted by atomic mass is 9.78. The van der Waals surface area contributed by atoms with Gasteiger partial charge in [0.15, 0.2) is 0 Å². The van der Waals surface area contributed by atoms with Gasteiger partial charge in [0.05, 0.1) is 25.3 Å². The van der Waals surface area contributed by atoms with Crippen molar-refractivity contribution in [1.82, 2.24) is 19.6 Å². The molecule has 4 rings (SSSR count). The molecule has 334 valence electrons. The summed E-state index contributed by atoms with van der Waals surface area (Å²) >= 11 is 0. The van der Waals surface area contributed by atoms with Gasteiger partial charge in [0.25, 0.3) is 11.8 Å². The highest BCUT2D eigenvalue weighted by Gasteiger charge is 2.53. The Morgan fingerprint density at radius 3 is 0.983 bits per heavy atom. The first kappa shape index (κ1) is 48.5. The Hall–Kier alpha value is -4.16. The summed E-state index contributed by atoms with van der Waals surface area (Å²) < 4.78 is 0. The van der Waals surface area contributed by atoms with Gasteiger partial charge >= 0.3 is 12.1 Å². The molecule has 6 amide bonds.